The van der Waals surface area contributed by atoms with Gasteiger partial charge in [-0.2, -0.15) is 0 Å². The van der Waals surface area contributed by atoms with Crippen LogP contribution < -0.4 is 10.2 Å². The Balaban J connectivity index is 3.00. The summed E-state index contributed by atoms with van der Waals surface area (Å²) in [7, 11) is 1.89. The van der Waals surface area contributed by atoms with Gasteiger partial charge in [0, 0.05) is 32.6 Å². The van der Waals surface area contributed by atoms with E-state index in [-0.39, 0.29) is 0 Å². The smallest absolute Gasteiger partial charge is 0.134 e. The van der Waals surface area contributed by atoms with Crippen LogP contribution in [0.25, 0.3) is 0 Å². The van der Waals surface area contributed by atoms with Crippen LogP contribution in [0.4, 0.5) is 11.6 Å². The molecule has 4 nitrogen and oxygen atoms in total. The van der Waals surface area contributed by atoms with Crippen LogP contribution in [-0.4, -0.2) is 30.1 Å². The maximum Gasteiger partial charge on any atom is 0.134 e. The molecule has 1 N–H and O–H groups in total. The lowest BCUT2D eigenvalue weighted by Gasteiger charge is -2.24. The van der Waals surface area contributed by atoms with Crippen LogP contribution in [-0.2, 0) is 6.42 Å². The monoisotopic (exact) mass is 236 g/mol. The van der Waals surface area contributed by atoms with Crippen LogP contribution >= 0.6 is 0 Å². The first-order chi connectivity index (χ1) is 8.10. The van der Waals surface area contributed by atoms with Gasteiger partial charge in [-0.1, -0.05) is 20.8 Å². The van der Waals surface area contributed by atoms with Gasteiger partial charge in [-0.25, -0.2) is 9.97 Å². The molecule has 0 fully saturated rings. The second-order valence-electron chi connectivity index (χ2n) is 4.56. The highest BCUT2D eigenvalue weighted by Crippen LogP contribution is 2.17. The Morgan fingerprint density at radius 2 is 2.00 bits per heavy atom. The summed E-state index contributed by atoms with van der Waals surface area (Å²) in [4.78, 5) is 11.3. The lowest BCUT2D eigenvalue weighted by molar-refractivity contribution is 0.613. The van der Waals surface area contributed by atoms with Crippen LogP contribution in [0.1, 0.15) is 33.5 Å². The van der Waals surface area contributed by atoms with Crippen LogP contribution in [0.5, 0.6) is 0 Å². The Kier molecular flexibility index (Phi) is 5.19. The van der Waals surface area contributed by atoms with E-state index >= 15 is 0 Å². The van der Waals surface area contributed by atoms with Crippen molar-refractivity contribution in [2.75, 3.05) is 30.4 Å². The van der Waals surface area contributed by atoms with Crippen molar-refractivity contribution in [3.05, 3.63) is 11.9 Å². The Bertz CT molecular complexity index is 327. The Morgan fingerprint density at radius 1 is 1.29 bits per heavy atom. The van der Waals surface area contributed by atoms with E-state index < -0.39 is 0 Å². The van der Waals surface area contributed by atoms with Crippen molar-refractivity contribution in [1.82, 2.24) is 9.97 Å². The minimum absolute atomic E-state index is 0.632. The predicted octanol–water partition coefficient (Wildman–Crippen LogP) is 2.56. The summed E-state index contributed by atoms with van der Waals surface area (Å²) >= 11 is 0. The normalized spacial score (nSPS) is 10.7. The minimum Gasteiger partial charge on any atom is -0.373 e. The first kappa shape index (κ1) is 13.7. The summed E-state index contributed by atoms with van der Waals surface area (Å²) in [5, 5.41) is 3.10. The number of anilines is 2. The van der Waals surface area contributed by atoms with Crippen LogP contribution in [0.2, 0.25) is 0 Å². The topological polar surface area (TPSA) is 41.1 Å². The van der Waals surface area contributed by atoms with Gasteiger partial charge >= 0.3 is 0 Å². The van der Waals surface area contributed by atoms with Gasteiger partial charge in [-0.15, -0.1) is 0 Å². The molecule has 1 aromatic rings. The number of rotatable bonds is 6. The van der Waals surface area contributed by atoms with Gasteiger partial charge in [0.15, 0.2) is 0 Å². The molecule has 0 radical (unpaired) electrons. The highest BCUT2D eigenvalue weighted by atomic mass is 15.2. The van der Waals surface area contributed by atoms with Gasteiger partial charge in [-0.3, -0.25) is 0 Å². The van der Waals surface area contributed by atoms with Crippen LogP contribution in [0, 0.1) is 5.92 Å². The summed E-state index contributed by atoms with van der Waals surface area (Å²) in [6.45, 7) is 10.7. The Labute approximate surface area is 104 Å². The molecule has 0 aliphatic heterocycles. The second kappa shape index (κ2) is 6.42. The van der Waals surface area contributed by atoms with Gasteiger partial charge in [-0.05, 0) is 12.8 Å². The molecule has 0 saturated carbocycles. The Morgan fingerprint density at radius 3 is 2.47 bits per heavy atom. The van der Waals surface area contributed by atoms with Gasteiger partial charge in [0.1, 0.15) is 17.5 Å². The molecule has 0 saturated heterocycles. The number of nitrogens with zero attached hydrogens (tertiary/aromatic N) is 3. The molecule has 0 aliphatic rings. The van der Waals surface area contributed by atoms with Gasteiger partial charge in [0.05, 0.1) is 0 Å². The van der Waals surface area contributed by atoms with Crippen molar-refractivity contribution in [3.8, 4) is 0 Å². The van der Waals surface area contributed by atoms with Crippen molar-refractivity contribution in [2.24, 2.45) is 5.92 Å². The Hall–Kier alpha value is -1.32. The van der Waals surface area contributed by atoms with Crippen LogP contribution in [0.3, 0.4) is 0 Å². The molecule has 96 valence electrons. The highest BCUT2D eigenvalue weighted by molar-refractivity contribution is 5.49. The lowest BCUT2D eigenvalue weighted by Crippen LogP contribution is -2.28. The number of nitrogens with one attached hydrogen (secondary N) is 1. The van der Waals surface area contributed by atoms with E-state index in [1.165, 1.54) is 0 Å². The molecule has 0 aliphatic carbocycles. The maximum absolute atomic E-state index is 4.60. The first-order valence-corrected chi connectivity index (χ1v) is 6.41. The number of aryl methyl sites for hydroxylation is 1. The van der Waals surface area contributed by atoms with E-state index in [4.69, 9.17) is 0 Å². The molecule has 0 atom stereocenters. The number of hydrogen-bond acceptors (Lipinski definition) is 4. The van der Waals surface area contributed by atoms with Crippen molar-refractivity contribution < 1.29 is 0 Å². The zero-order valence-electron chi connectivity index (χ0n) is 11.6. The fourth-order valence-corrected chi connectivity index (χ4v) is 1.76. The molecular weight excluding hydrogens is 212 g/mol. The summed E-state index contributed by atoms with van der Waals surface area (Å²) < 4.78 is 0. The van der Waals surface area contributed by atoms with Crippen LogP contribution in [0.15, 0.2) is 6.07 Å². The fourth-order valence-electron chi connectivity index (χ4n) is 1.76. The zero-order valence-corrected chi connectivity index (χ0v) is 11.6. The van der Waals surface area contributed by atoms with E-state index in [0.29, 0.717) is 5.92 Å². The highest BCUT2D eigenvalue weighted by Gasteiger charge is 2.10. The van der Waals surface area contributed by atoms with Crippen molar-refractivity contribution >= 4 is 11.6 Å². The molecule has 17 heavy (non-hydrogen) atoms. The predicted molar refractivity (Wildman–Crippen MR) is 73.7 cm³/mol. The largest absolute Gasteiger partial charge is 0.373 e. The van der Waals surface area contributed by atoms with E-state index in [1.807, 2.05) is 13.1 Å². The third-order valence-electron chi connectivity index (χ3n) is 2.62. The quantitative estimate of drug-likeness (QED) is 0.824. The van der Waals surface area contributed by atoms with Gasteiger partial charge in [0.2, 0.25) is 0 Å². The van der Waals surface area contributed by atoms with E-state index in [1.54, 1.807) is 0 Å². The fraction of sp³-hybridized carbons (Fsp3) is 0.692. The van der Waals surface area contributed by atoms with E-state index in [9.17, 15) is 0 Å². The zero-order chi connectivity index (χ0) is 12.8. The molecule has 1 rings (SSSR count). The molecule has 4 heteroatoms. The van der Waals surface area contributed by atoms with Crippen molar-refractivity contribution in [1.29, 1.82) is 0 Å². The summed E-state index contributed by atoms with van der Waals surface area (Å²) in [6.07, 6.45) is 0.863. The molecule has 1 heterocycles. The number of hydrogen-bond donors (Lipinski definition) is 1. The van der Waals surface area contributed by atoms with Crippen molar-refractivity contribution in [3.63, 3.8) is 0 Å². The molecule has 0 bridgehead atoms. The molecule has 0 aromatic carbocycles. The first-order valence-electron chi connectivity index (χ1n) is 6.41. The SMILES string of the molecule is CCc1nc(NC)cc(N(CC)CC(C)C)n1. The third kappa shape index (κ3) is 3.88. The summed E-state index contributed by atoms with van der Waals surface area (Å²) in [6, 6.07) is 2.02. The average molecular weight is 236 g/mol. The summed E-state index contributed by atoms with van der Waals surface area (Å²) in [5.74, 6) is 3.45. The van der Waals surface area contributed by atoms with E-state index in [0.717, 1.165) is 37.0 Å². The maximum atomic E-state index is 4.60. The standard InChI is InChI=1S/C13H24N4/c1-6-11-15-12(14-5)8-13(16-11)17(7-2)9-10(3)4/h8,10H,6-7,9H2,1-5H3,(H,14,15,16). The second-order valence-corrected chi connectivity index (χ2v) is 4.56. The molecule has 0 amide bonds. The van der Waals surface area contributed by atoms with E-state index in [2.05, 4.69) is 47.9 Å². The molecular formula is C13H24N4. The molecule has 0 unspecified atom stereocenters. The van der Waals surface area contributed by atoms with Crippen molar-refractivity contribution in [2.45, 2.75) is 34.1 Å². The van der Waals surface area contributed by atoms with Gasteiger partial charge in [0.25, 0.3) is 0 Å². The third-order valence-corrected chi connectivity index (χ3v) is 2.62. The molecule has 0 spiro atoms. The minimum atomic E-state index is 0.632. The average Bonchev–Trinajstić information content (AvgIpc) is 2.34. The molecule has 1 aromatic heterocycles. The lowest BCUT2D eigenvalue weighted by atomic mass is 10.2. The number of aromatic nitrogens is 2. The van der Waals surface area contributed by atoms with Gasteiger partial charge < -0.3 is 10.2 Å². The summed E-state index contributed by atoms with van der Waals surface area (Å²) in [5.41, 5.74) is 0.